The highest BCUT2D eigenvalue weighted by Crippen LogP contribution is 2.23. The summed E-state index contributed by atoms with van der Waals surface area (Å²) in [5.41, 5.74) is 3.39. The van der Waals surface area contributed by atoms with Crippen LogP contribution in [-0.4, -0.2) is 32.3 Å². The van der Waals surface area contributed by atoms with Gasteiger partial charge in [0.15, 0.2) is 11.0 Å². The fourth-order valence-corrected chi connectivity index (χ4v) is 4.24. The molecule has 0 bridgehead atoms. The molecule has 1 atom stereocenters. The van der Waals surface area contributed by atoms with Crippen molar-refractivity contribution in [3.05, 3.63) is 70.0 Å². The average molecular weight is 472 g/mol. The van der Waals surface area contributed by atoms with Crippen LogP contribution in [0, 0.1) is 13.8 Å². The summed E-state index contributed by atoms with van der Waals surface area (Å²) in [6.45, 7) is 8.41. The van der Waals surface area contributed by atoms with Crippen molar-refractivity contribution in [2.75, 3.05) is 11.1 Å². The molecule has 1 heterocycles. The van der Waals surface area contributed by atoms with Crippen LogP contribution >= 0.6 is 23.4 Å². The molecule has 0 saturated carbocycles. The zero-order chi connectivity index (χ0) is 23.3. The molecule has 3 aromatic rings. The smallest absolute Gasteiger partial charge is 0.253 e. The number of nitrogens with zero attached hydrogens (tertiary/aromatic N) is 3. The Morgan fingerprint density at radius 1 is 1.12 bits per heavy atom. The summed E-state index contributed by atoms with van der Waals surface area (Å²) in [4.78, 5) is 25.0. The molecule has 32 heavy (non-hydrogen) atoms. The summed E-state index contributed by atoms with van der Waals surface area (Å²) in [5.74, 6) is 0.420. The lowest BCUT2D eigenvalue weighted by atomic mass is 10.1. The van der Waals surface area contributed by atoms with Gasteiger partial charge in [0, 0.05) is 12.2 Å². The lowest BCUT2D eigenvalue weighted by molar-refractivity contribution is -0.113. The third-order valence-electron chi connectivity index (χ3n) is 5.13. The van der Waals surface area contributed by atoms with E-state index in [1.165, 1.54) is 11.8 Å². The van der Waals surface area contributed by atoms with Crippen molar-refractivity contribution < 1.29 is 9.59 Å². The first-order valence-corrected chi connectivity index (χ1v) is 11.7. The van der Waals surface area contributed by atoms with E-state index in [2.05, 4.69) is 20.8 Å². The van der Waals surface area contributed by atoms with E-state index < -0.39 is 0 Å². The highest BCUT2D eigenvalue weighted by atomic mass is 35.5. The largest absolute Gasteiger partial charge is 0.342 e. The van der Waals surface area contributed by atoms with Crippen molar-refractivity contribution in [1.29, 1.82) is 0 Å². The number of benzene rings is 2. The zero-order valence-corrected chi connectivity index (χ0v) is 20.0. The van der Waals surface area contributed by atoms with Crippen molar-refractivity contribution in [2.24, 2.45) is 0 Å². The van der Waals surface area contributed by atoms with E-state index >= 15 is 0 Å². The SMILES string of the molecule is CCn1c(SCC(=O)Nc2cccc(C)c2C)nnc1C(C)NC(=O)c1ccccc1Cl. The number of anilines is 1. The normalized spacial score (nSPS) is 11.8. The van der Waals surface area contributed by atoms with Crippen LogP contribution in [0.1, 0.15) is 47.2 Å². The number of carbonyl (C=O) groups is 2. The van der Waals surface area contributed by atoms with Gasteiger partial charge in [0.05, 0.1) is 22.4 Å². The van der Waals surface area contributed by atoms with Gasteiger partial charge in [-0.3, -0.25) is 9.59 Å². The molecule has 1 aromatic heterocycles. The maximum atomic E-state index is 12.6. The van der Waals surface area contributed by atoms with E-state index in [9.17, 15) is 9.59 Å². The zero-order valence-electron chi connectivity index (χ0n) is 18.5. The first-order chi connectivity index (χ1) is 15.3. The number of aromatic nitrogens is 3. The molecule has 168 valence electrons. The van der Waals surface area contributed by atoms with Crippen LogP contribution < -0.4 is 10.6 Å². The summed E-state index contributed by atoms with van der Waals surface area (Å²) in [6.07, 6.45) is 0. The van der Waals surface area contributed by atoms with Crippen LogP contribution in [0.2, 0.25) is 5.02 Å². The van der Waals surface area contributed by atoms with E-state index in [0.717, 1.165) is 16.8 Å². The van der Waals surface area contributed by atoms with Crippen LogP contribution in [0.4, 0.5) is 5.69 Å². The third-order valence-corrected chi connectivity index (χ3v) is 6.42. The number of hydrogen-bond donors (Lipinski definition) is 2. The maximum Gasteiger partial charge on any atom is 0.253 e. The van der Waals surface area contributed by atoms with E-state index in [1.807, 2.05) is 50.5 Å². The number of thioether (sulfide) groups is 1. The van der Waals surface area contributed by atoms with Gasteiger partial charge in [0.2, 0.25) is 5.91 Å². The van der Waals surface area contributed by atoms with Crippen LogP contribution in [-0.2, 0) is 11.3 Å². The Hall–Kier alpha value is -2.84. The fraction of sp³-hybridized carbons (Fsp3) is 0.304. The summed E-state index contributed by atoms with van der Waals surface area (Å²) in [5, 5.41) is 15.4. The lowest BCUT2D eigenvalue weighted by Gasteiger charge is -2.15. The standard InChI is InChI=1S/C23H26ClN5O2S/c1-5-29-21(16(4)25-22(31)17-10-6-7-11-18(17)24)27-28-23(29)32-13-20(30)26-19-12-8-9-14(2)15(19)3/h6-12,16H,5,13H2,1-4H3,(H,25,31)(H,26,30). The molecule has 3 rings (SSSR count). The first kappa shape index (κ1) is 23.8. The maximum absolute atomic E-state index is 12.6. The summed E-state index contributed by atoms with van der Waals surface area (Å²) >= 11 is 7.43. The monoisotopic (exact) mass is 471 g/mol. The Morgan fingerprint density at radius 3 is 2.59 bits per heavy atom. The Morgan fingerprint density at radius 2 is 1.88 bits per heavy atom. The summed E-state index contributed by atoms with van der Waals surface area (Å²) in [7, 11) is 0. The number of carbonyl (C=O) groups excluding carboxylic acids is 2. The van der Waals surface area contributed by atoms with Crippen molar-refractivity contribution >= 4 is 40.9 Å². The molecule has 7 nitrogen and oxygen atoms in total. The molecule has 0 fully saturated rings. The fourth-order valence-electron chi connectivity index (χ4n) is 3.21. The van der Waals surface area contributed by atoms with Crippen molar-refractivity contribution in [1.82, 2.24) is 20.1 Å². The van der Waals surface area contributed by atoms with Crippen LogP contribution in [0.3, 0.4) is 0 Å². The van der Waals surface area contributed by atoms with Gasteiger partial charge >= 0.3 is 0 Å². The number of amides is 2. The number of hydrogen-bond acceptors (Lipinski definition) is 5. The molecule has 2 N–H and O–H groups in total. The van der Waals surface area contributed by atoms with Crippen LogP contribution in [0.25, 0.3) is 0 Å². The van der Waals surface area contributed by atoms with Gasteiger partial charge in [-0.25, -0.2) is 0 Å². The molecule has 0 saturated heterocycles. The predicted octanol–water partition coefficient (Wildman–Crippen LogP) is 4.79. The van der Waals surface area contributed by atoms with Crippen LogP contribution in [0.15, 0.2) is 47.6 Å². The number of nitrogens with one attached hydrogen (secondary N) is 2. The Labute approximate surface area is 197 Å². The molecule has 9 heteroatoms. The van der Waals surface area contributed by atoms with E-state index in [1.54, 1.807) is 24.3 Å². The predicted molar refractivity (Wildman–Crippen MR) is 128 cm³/mol. The number of halogens is 1. The van der Waals surface area contributed by atoms with E-state index in [0.29, 0.717) is 28.1 Å². The molecule has 0 aliphatic carbocycles. The molecule has 2 amide bonds. The quantitative estimate of drug-likeness (QED) is 0.461. The molecule has 0 aliphatic rings. The Bertz CT molecular complexity index is 1130. The van der Waals surface area contributed by atoms with Gasteiger partial charge in [-0.1, -0.05) is 47.6 Å². The minimum absolute atomic E-state index is 0.115. The minimum Gasteiger partial charge on any atom is -0.342 e. The first-order valence-electron chi connectivity index (χ1n) is 10.3. The molecule has 0 aliphatic heterocycles. The number of aryl methyl sites for hydroxylation is 1. The van der Waals surface area contributed by atoms with Gasteiger partial charge < -0.3 is 15.2 Å². The second-order valence-corrected chi connectivity index (χ2v) is 8.69. The lowest BCUT2D eigenvalue weighted by Crippen LogP contribution is -2.29. The second kappa shape index (κ2) is 10.7. The molecule has 0 radical (unpaired) electrons. The highest BCUT2D eigenvalue weighted by Gasteiger charge is 2.21. The average Bonchev–Trinajstić information content (AvgIpc) is 3.19. The Kier molecular flexibility index (Phi) is 7.93. The van der Waals surface area contributed by atoms with Crippen LogP contribution in [0.5, 0.6) is 0 Å². The highest BCUT2D eigenvalue weighted by molar-refractivity contribution is 7.99. The van der Waals surface area contributed by atoms with Crippen molar-refractivity contribution in [2.45, 2.75) is 45.4 Å². The van der Waals surface area contributed by atoms with Gasteiger partial charge in [0.25, 0.3) is 5.91 Å². The van der Waals surface area contributed by atoms with E-state index in [4.69, 9.17) is 11.6 Å². The molecular formula is C23H26ClN5O2S. The molecule has 0 spiro atoms. The van der Waals surface area contributed by atoms with Crippen molar-refractivity contribution in [3.8, 4) is 0 Å². The third kappa shape index (κ3) is 5.49. The van der Waals surface area contributed by atoms with Gasteiger partial charge in [-0.2, -0.15) is 0 Å². The summed E-state index contributed by atoms with van der Waals surface area (Å²) < 4.78 is 1.90. The molecule has 2 aromatic carbocycles. The van der Waals surface area contributed by atoms with E-state index in [-0.39, 0.29) is 23.6 Å². The van der Waals surface area contributed by atoms with Gasteiger partial charge in [-0.15, -0.1) is 10.2 Å². The minimum atomic E-state index is -0.385. The van der Waals surface area contributed by atoms with Crippen molar-refractivity contribution in [3.63, 3.8) is 0 Å². The van der Waals surface area contributed by atoms with Gasteiger partial charge in [-0.05, 0) is 57.0 Å². The number of rotatable bonds is 8. The topological polar surface area (TPSA) is 88.9 Å². The molecular weight excluding hydrogens is 446 g/mol. The van der Waals surface area contributed by atoms with Gasteiger partial charge in [0.1, 0.15) is 0 Å². The second-order valence-electron chi connectivity index (χ2n) is 7.34. The summed E-state index contributed by atoms with van der Waals surface area (Å²) in [6, 6.07) is 12.3. The molecule has 1 unspecified atom stereocenters. The Balaban J connectivity index is 1.65.